The van der Waals surface area contributed by atoms with Crippen LogP contribution in [-0.4, -0.2) is 24.2 Å². The number of amides is 1. The fraction of sp³-hybridized carbons (Fsp3) is 0.0455. The highest BCUT2D eigenvalue weighted by Crippen LogP contribution is 2.28. The fourth-order valence-corrected chi connectivity index (χ4v) is 3.48. The maximum Gasteiger partial charge on any atom is 0.272 e. The number of rotatable bonds is 5. The van der Waals surface area contributed by atoms with E-state index in [9.17, 15) is 4.79 Å². The van der Waals surface area contributed by atoms with Gasteiger partial charge in [0.2, 0.25) is 0 Å². The Morgan fingerprint density at radius 3 is 2.60 bits per heavy atom. The fourth-order valence-electron chi connectivity index (χ4n) is 2.90. The van der Waals surface area contributed by atoms with Crippen LogP contribution in [0.2, 0.25) is 0 Å². The van der Waals surface area contributed by atoms with Crippen molar-refractivity contribution < 1.29 is 13.9 Å². The van der Waals surface area contributed by atoms with Gasteiger partial charge in [0.1, 0.15) is 11.5 Å². The minimum Gasteiger partial charge on any atom is -0.497 e. The lowest BCUT2D eigenvalue weighted by Gasteiger charge is -2.10. The number of aromatic nitrogens is 1. The lowest BCUT2D eigenvalue weighted by atomic mass is 10.0. The van der Waals surface area contributed by atoms with Gasteiger partial charge in [-0.15, -0.1) is 0 Å². The van der Waals surface area contributed by atoms with Gasteiger partial charge in [-0.2, -0.15) is 5.10 Å². The summed E-state index contributed by atoms with van der Waals surface area (Å²) >= 11 is 6.66. The number of ether oxygens (including phenoxy) is 1. The summed E-state index contributed by atoms with van der Waals surface area (Å²) in [6, 6.07) is 18.4. The van der Waals surface area contributed by atoms with Crippen molar-refractivity contribution in [2.75, 3.05) is 7.11 Å². The van der Waals surface area contributed by atoms with Crippen molar-refractivity contribution in [2.45, 2.75) is 0 Å². The molecular weight excluding hydrogens is 514 g/mol. The van der Waals surface area contributed by atoms with Crippen LogP contribution < -0.4 is 10.2 Å². The van der Waals surface area contributed by atoms with E-state index in [4.69, 9.17) is 14.1 Å². The molecule has 0 aliphatic heterocycles. The molecule has 150 valence electrons. The van der Waals surface area contributed by atoms with E-state index >= 15 is 0 Å². The zero-order valence-electron chi connectivity index (χ0n) is 15.7. The summed E-state index contributed by atoms with van der Waals surface area (Å²) in [4.78, 5) is 17.7. The molecule has 6 nitrogen and oxygen atoms in total. The molecule has 0 aliphatic carbocycles. The monoisotopic (exact) mass is 527 g/mol. The Kier molecular flexibility index (Phi) is 5.96. The molecule has 0 atom stereocenters. The molecule has 8 heteroatoms. The smallest absolute Gasteiger partial charge is 0.272 e. The van der Waals surface area contributed by atoms with E-state index < -0.39 is 0 Å². The molecule has 0 saturated carbocycles. The number of furan rings is 1. The largest absolute Gasteiger partial charge is 0.497 e. The summed E-state index contributed by atoms with van der Waals surface area (Å²) < 4.78 is 12.2. The summed E-state index contributed by atoms with van der Waals surface area (Å²) in [5, 5.41) is 4.67. The number of methoxy groups -OCH3 is 1. The number of carbonyl (C=O) groups is 1. The van der Waals surface area contributed by atoms with E-state index in [1.807, 2.05) is 36.4 Å². The van der Waals surface area contributed by atoms with Gasteiger partial charge in [-0.3, -0.25) is 4.79 Å². The lowest BCUT2D eigenvalue weighted by Crippen LogP contribution is -2.18. The second kappa shape index (κ2) is 8.81. The minimum atomic E-state index is -0.365. The van der Waals surface area contributed by atoms with Crippen LogP contribution in [0.3, 0.4) is 0 Å². The number of hydrogen-bond donors (Lipinski definition) is 1. The first kappa shape index (κ1) is 20.3. The Labute approximate surface area is 189 Å². The number of nitrogens with one attached hydrogen (secondary N) is 1. The molecule has 0 bridgehead atoms. The minimum absolute atomic E-state index is 0.365. The standard InChI is InChI=1S/C22H15Br2N3O3/c1-29-15-6-8-19-17(10-15)18(11-20(26-19)13-2-4-14(23)5-3-13)22(28)27-25-12-16-7-9-21(24)30-16/h2-12H,1H3,(H,27,28). The van der Waals surface area contributed by atoms with E-state index in [-0.39, 0.29) is 5.91 Å². The van der Waals surface area contributed by atoms with E-state index in [0.717, 1.165) is 10.0 Å². The van der Waals surface area contributed by atoms with Gasteiger partial charge in [-0.25, -0.2) is 10.4 Å². The first-order valence-corrected chi connectivity index (χ1v) is 10.5. The topological polar surface area (TPSA) is 76.7 Å². The van der Waals surface area contributed by atoms with Crippen molar-refractivity contribution in [2.24, 2.45) is 5.10 Å². The van der Waals surface area contributed by atoms with Crippen LogP contribution >= 0.6 is 31.9 Å². The molecule has 0 saturated heterocycles. The summed E-state index contributed by atoms with van der Waals surface area (Å²) in [7, 11) is 1.58. The number of hydrazone groups is 1. The van der Waals surface area contributed by atoms with E-state index in [2.05, 4.69) is 42.4 Å². The number of fused-ring (bicyclic) bond motifs is 1. The van der Waals surface area contributed by atoms with Crippen LogP contribution in [0, 0.1) is 0 Å². The molecule has 4 rings (SSSR count). The van der Waals surface area contributed by atoms with Gasteiger partial charge in [-0.1, -0.05) is 28.1 Å². The van der Waals surface area contributed by atoms with Crippen molar-refractivity contribution in [1.82, 2.24) is 10.4 Å². The Bertz CT molecular complexity index is 1250. The Hall–Kier alpha value is -2.97. The summed E-state index contributed by atoms with van der Waals surface area (Å²) in [6.07, 6.45) is 1.43. The van der Waals surface area contributed by atoms with Crippen LogP contribution in [0.1, 0.15) is 16.1 Å². The molecule has 1 amide bonds. The molecule has 2 aromatic carbocycles. The quantitative estimate of drug-likeness (QED) is 0.262. The van der Waals surface area contributed by atoms with Crippen molar-refractivity contribution in [3.8, 4) is 17.0 Å². The predicted octanol–water partition coefficient (Wildman–Crippen LogP) is 5.79. The van der Waals surface area contributed by atoms with E-state index in [0.29, 0.717) is 38.3 Å². The van der Waals surface area contributed by atoms with Gasteiger partial charge in [0, 0.05) is 15.4 Å². The Morgan fingerprint density at radius 2 is 1.90 bits per heavy atom. The third-order valence-electron chi connectivity index (χ3n) is 4.35. The van der Waals surface area contributed by atoms with Crippen LogP contribution in [-0.2, 0) is 0 Å². The molecular formula is C22H15Br2N3O3. The van der Waals surface area contributed by atoms with Crippen LogP contribution in [0.25, 0.3) is 22.2 Å². The molecule has 30 heavy (non-hydrogen) atoms. The van der Waals surface area contributed by atoms with Crippen LogP contribution in [0.15, 0.2) is 79.3 Å². The van der Waals surface area contributed by atoms with Crippen molar-refractivity contribution in [3.63, 3.8) is 0 Å². The molecule has 0 spiro atoms. The van der Waals surface area contributed by atoms with Crippen molar-refractivity contribution in [3.05, 3.63) is 81.1 Å². The second-order valence-electron chi connectivity index (χ2n) is 6.29. The van der Waals surface area contributed by atoms with Gasteiger partial charge in [0.15, 0.2) is 4.67 Å². The Balaban J connectivity index is 1.73. The second-order valence-corrected chi connectivity index (χ2v) is 7.98. The average Bonchev–Trinajstić information content (AvgIpc) is 3.18. The highest BCUT2D eigenvalue weighted by Gasteiger charge is 2.15. The summed E-state index contributed by atoms with van der Waals surface area (Å²) in [5.41, 5.74) is 5.26. The molecule has 0 radical (unpaired) electrons. The molecule has 0 unspecified atom stereocenters. The summed E-state index contributed by atoms with van der Waals surface area (Å²) in [5.74, 6) is 0.786. The number of nitrogens with zero attached hydrogens (tertiary/aromatic N) is 2. The predicted molar refractivity (Wildman–Crippen MR) is 123 cm³/mol. The number of pyridine rings is 1. The van der Waals surface area contributed by atoms with Crippen LogP contribution in [0.5, 0.6) is 5.75 Å². The first-order valence-electron chi connectivity index (χ1n) is 8.87. The number of halogens is 2. The molecule has 2 heterocycles. The van der Waals surface area contributed by atoms with Crippen molar-refractivity contribution in [1.29, 1.82) is 0 Å². The molecule has 0 fully saturated rings. The SMILES string of the molecule is COc1ccc2nc(-c3ccc(Br)cc3)cc(C(=O)NN=Cc3ccc(Br)o3)c2c1. The third-order valence-corrected chi connectivity index (χ3v) is 5.31. The van der Waals surface area contributed by atoms with Crippen LogP contribution in [0.4, 0.5) is 0 Å². The van der Waals surface area contributed by atoms with Gasteiger partial charge >= 0.3 is 0 Å². The summed E-state index contributed by atoms with van der Waals surface area (Å²) in [6.45, 7) is 0. The highest BCUT2D eigenvalue weighted by molar-refractivity contribution is 9.10. The first-order chi connectivity index (χ1) is 14.5. The molecule has 1 N–H and O–H groups in total. The molecule has 0 aliphatic rings. The number of carbonyl (C=O) groups excluding carboxylic acids is 1. The number of benzene rings is 2. The van der Waals surface area contributed by atoms with Gasteiger partial charge in [0.05, 0.1) is 30.1 Å². The zero-order valence-corrected chi connectivity index (χ0v) is 18.9. The highest BCUT2D eigenvalue weighted by atomic mass is 79.9. The van der Waals surface area contributed by atoms with Crippen molar-refractivity contribution >= 4 is 54.9 Å². The third kappa shape index (κ3) is 4.44. The number of hydrogen-bond acceptors (Lipinski definition) is 5. The zero-order chi connectivity index (χ0) is 21.1. The van der Waals surface area contributed by atoms with E-state index in [1.165, 1.54) is 6.21 Å². The average molecular weight is 529 g/mol. The van der Waals surface area contributed by atoms with Gasteiger partial charge in [0.25, 0.3) is 5.91 Å². The normalized spacial score (nSPS) is 11.2. The van der Waals surface area contributed by atoms with Gasteiger partial charge < -0.3 is 9.15 Å². The maximum atomic E-state index is 13.0. The molecule has 2 aromatic heterocycles. The maximum absolute atomic E-state index is 13.0. The van der Waals surface area contributed by atoms with Gasteiger partial charge in [-0.05, 0) is 64.5 Å². The Morgan fingerprint density at radius 1 is 1.10 bits per heavy atom. The lowest BCUT2D eigenvalue weighted by molar-refractivity contribution is 0.0956. The molecule has 4 aromatic rings. The van der Waals surface area contributed by atoms with E-state index in [1.54, 1.807) is 31.4 Å².